The highest BCUT2D eigenvalue weighted by Crippen LogP contribution is 2.54. The Hall–Kier alpha value is -1.12. The van der Waals surface area contributed by atoms with Crippen molar-refractivity contribution in [2.75, 3.05) is 6.61 Å². The van der Waals surface area contributed by atoms with Crippen LogP contribution < -0.4 is 0 Å². The highest BCUT2D eigenvalue weighted by atomic mass is 17.3. The number of ketones is 2. The monoisotopic (exact) mass is 326 g/mol. The van der Waals surface area contributed by atoms with Crippen molar-refractivity contribution in [3.8, 4) is 0 Å². The predicted octanol–water partition coefficient (Wildman–Crippen LogP) is 1.25. The summed E-state index contributed by atoms with van der Waals surface area (Å²) in [6.07, 6.45) is 1.38. The van der Waals surface area contributed by atoms with Gasteiger partial charge in [-0.1, -0.05) is 0 Å². The number of ether oxygens (including phenoxy) is 2. The lowest BCUT2D eigenvalue weighted by molar-refractivity contribution is -0.499. The van der Waals surface area contributed by atoms with E-state index in [0.717, 1.165) is 0 Å². The first kappa shape index (κ1) is 16.7. The van der Waals surface area contributed by atoms with Crippen LogP contribution in [0.25, 0.3) is 0 Å². The average Bonchev–Trinajstić information content (AvgIpc) is 2.74. The lowest BCUT2D eigenvalue weighted by Crippen LogP contribution is -2.67. The molecule has 1 N–H and O–H groups in total. The Bertz CT molecular complexity index is 630. The third-order valence-corrected chi connectivity index (χ3v) is 4.87. The van der Waals surface area contributed by atoms with Crippen LogP contribution in [-0.2, 0) is 28.8 Å². The van der Waals surface area contributed by atoms with Gasteiger partial charge in [0.1, 0.15) is 6.61 Å². The van der Waals surface area contributed by atoms with Gasteiger partial charge < -0.3 is 14.6 Å². The molecule has 2 aliphatic heterocycles. The molecule has 0 aromatic heterocycles. The van der Waals surface area contributed by atoms with E-state index in [2.05, 4.69) is 0 Å². The van der Waals surface area contributed by atoms with Crippen LogP contribution in [0.15, 0.2) is 11.6 Å². The topological polar surface area (TPSA) is 91.3 Å². The second-order valence-electron chi connectivity index (χ2n) is 7.88. The van der Waals surface area contributed by atoms with Crippen LogP contribution in [0.5, 0.6) is 0 Å². The van der Waals surface area contributed by atoms with E-state index in [0.29, 0.717) is 0 Å². The molecule has 1 saturated heterocycles. The summed E-state index contributed by atoms with van der Waals surface area (Å²) < 4.78 is 11.2. The van der Waals surface area contributed by atoms with Crippen molar-refractivity contribution in [2.24, 2.45) is 10.8 Å². The molecule has 7 heteroatoms. The summed E-state index contributed by atoms with van der Waals surface area (Å²) in [6.45, 7) is 9.52. The number of rotatable bonds is 0. The summed E-state index contributed by atoms with van der Waals surface area (Å²) in [5.41, 5.74) is -2.69. The molecule has 0 amide bonds. The Morgan fingerprint density at radius 1 is 1.04 bits per heavy atom. The van der Waals surface area contributed by atoms with Crippen LogP contribution in [0.3, 0.4) is 0 Å². The van der Waals surface area contributed by atoms with Crippen molar-refractivity contribution < 1.29 is 33.9 Å². The smallest absolute Gasteiger partial charge is 0.247 e. The molecule has 0 unspecified atom stereocenters. The van der Waals surface area contributed by atoms with Gasteiger partial charge in [-0.2, -0.15) is 9.78 Å². The molecule has 0 aromatic rings. The Labute approximate surface area is 134 Å². The molecule has 0 bridgehead atoms. The van der Waals surface area contributed by atoms with Crippen molar-refractivity contribution in [2.45, 2.75) is 58.9 Å². The van der Waals surface area contributed by atoms with Crippen molar-refractivity contribution in [1.82, 2.24) is 0 Å². The third-order valence-electron chi connectivity index (χ3n) is 4.87. The van der Waals surface area contributed by atoms with Gasteiger partial charge in [0.05, 0.1) is 16.4 Å². The summed E-state index contributed by atoms with van der Waals surface area (Å²) in [4.78, 5) is 35.9. The van der Waals surface area contributed by atoms with Crippen molar-refractivity contribution in [3.63, 3.8) is 0 Å². The maximum atomic E-state index is 12.8. The first-order valence-electron chi connectivity index (χ1n) is 7.54. The molecule has 1 aliphatic carbocycles. The number of carbonyl (C=O) groups is 2. The molecule has 3 rings (SSSR count). The molecule has 2 heterocycles. The molecule has 23 heavy (non-hydrogen) atoms. The van der Waals surface area contributed by atoms with Gasteiger partial charge in [0.2, 0.25) is 11.6 Å². The van der Waals surface area contributed by atoms with E-state index in [4.69, 9.17) is 19.2 Å². The highest BCUT2D eigenvalue weighted by Gasteiger charge is 2.68. The van der Waals surface area contributed by atoms with Gasteiger partial charge in [-0.25, -0.2) is 0 Å². The summed E-state index contributed by atoms with van der Waals surface area (Å²) >= 11 is 0. The van der Waals surface area contributed by atoms with Gasteiger partial charge in [-0.05, 0) is 47.6 Å². The number of fused-ring (bicyclic) bond motifs is 1. The van der Waals surface area contributed by atoms with E-state index < -0.39 is 39.8 Å². The maximum absolute atomic E-state index is 12.8. The van der Waals surface area contributed by atoms with E-state index in [1.54, 1.807) is 13.8 Å². The minimum Gasteiger partial charge on any atom is -0.359 e. The number of hydrogen-bond acceptors (Lipinski definition) is 7. The third kappa shape index (κ3) is 2.01. The first-order chi connectivity index (χ1) is 10.3. The van der Waals surface area contributed by atoms with Crippen LogP contribution in [-0.4, -0.2) is 40.6 Å². The van der Waals surface area contributed by atoms with Crippen LogP contribution in [0.1, 0.15) is 41.5 Å². The Balaban J connectivity index is 2.14. The van der Waals surface area contributed by atoms with Gasteiger partial charge in [0.25, 0.3) is 0 Å². The normalized spacial score (nSPS) is 40.9. The number of Topliss-reactive ketones (excluding diaryl/α,β-unsaturated/α-hetero) is 2. The van der Waals surface area contributed by atoms with Crippen LogP contribution in [0, 0.1) is 10.8 Å². The summed E-state index contributed by atoms with van der Waals surface area (Å²) in [5, 5.41) is 10.9. The van der Waals surface area contributed by atoms with Crippen molar-refractivity contribution in [1.29, 1.82) is 0 Å². The minimum absolute atomic E-state index is 0.00165. The number of hydrogen-bond donors (Lipinski definition) is 1. The molecule has 0 aromatic carbocycles. The van der Waals surface area contributed by atoms with Crippen LogP contribution in [0.4, 0.5) is 0 Å². The van der Waals surface area contributed by atoms with Gasteiger partial charge in [-0.3, -0.25) is 9.59 Å². The highest BCUT2D eigenvalue weighted by molar-refractivity contribution is 6.19. The fourth-order valence-electron chi connectivity index (χ4n) is 3.41. The van der Waals surface area contributed by atoms with E-state index in [1.807, 2.05) is 0 Å². The number of carbonyl (C=O) groups excluding carboxylic acids is 2. The minimum atomic E-state index is -2.17. The molecule has 1 saturated carbocycles. The van der Waals surface area contributed by atoms with Crippen molar-refractivity contribution in [3.05, 3.63) is 11.6 Å². The lowest BCUT2D eigenvalue weighted by atomic mass is 9.58. The second kappa shape index (κ2) is 4.29. The Kier molecular flexibility index (Phi) is 3.12. The Morgan fingerprint density at radius 2 is 1.65 bits per heavy atom. The average molecular weight is 326 g/mol. The quantitative estimate of drug-likeness (QED) is 0.529. The van der Waals surface area contributed by atoms with E-state index in [1.165, 1.54) is 33.8 Å². The van der Waals surface area contributed by atoms with E-state index in [-0.39, 0.29) is 12.2 Å². The van der Waals surface area contributed by atoms with Gasteiger partial charge in [0.15, 0.2) is 17.4 Å². The summed E-state index contributed by atoms with van der Waals surface area (Å²) in [5.74, 6) is -5.45. The zero-order chi connectivity index (χ0) is 17.5. The largest absolute Gasteiger partial charge is 0.359 e. The molecule has 3 aliphatic rings. The fourth-order valence-corrected chi connectivity index (χ4v) is 3.41. The molecule has 128 valence electrons. The van der Waals surface area contributed by atoms with E-state index >= 15 is 0 Å². The predicted molar refractivity (Wildman–Crippen MR) is 76.6 cm³/mol. The van der Waals surface area contributed by atoms with E-state index in [9.17, 15) is 14.7 Å². The zero-order valence-electron chi connectivity index (χ0n) is 14.2. The number of aliphatic hydroxyl groups is 1. The van der Waals surface area contributed by atoms with Crippen molar-refractivity contribution >= 4 is 11.6 Å². The molecular weight excluding hydrogens is 304 g/mol. The molecule has 2 atom stereocenters. The van der Waals surface area contributed by atoms with Gasteiger partial charge in [-0.15, -0.1) is 0 Å². The SMILES string of the molecule is CC1(C)OC[C@@]2(C=C3C(=O)C(C)(C)C(=O)C(C)(C)[C@@]3(O)OO2)O1. The van der Waals surface area contributed by atoms with Gasteiger partial charge >= 0.3 is 0 Å². The molecule has 2 fully saturated rings. The fraction of sp³-hybridized carbons (Fsp3) is 0.750. The van der Waals surface area contributed by atoms with Crippen LogP contribution in [0.2, 0.25) is 0 Å². The molecular formula is C16H22O7. The van der Waals surface area contributed by atoms with Crippen LogP contribution >= 0.6 is 0 Å². The summed E-state index contributed by atoms with van der Waals surface area (Å²) in [6, 6.07) is 0. The zero-order valence-corrected chi connectivity index (χ0v) is 14.2. The Morgan fingerprint density at radius 3 is 2.17 bits per heavy atom. The summed E-state index contributed by atoms with van der Waals surface area (Å²) in [7, 11) is 0. The first-order valence-corrected chi connectivity index (χ1v) is 7.54. The van der Waals surface area contributed by atoms with Gasteiger partial charge in [0, 0.05) is 0 Å². The standard InChI is InChI=1S/C16H22O7/c1-12(2)10(17)9-7-15(8-20-14(5,6)21-15)22-23-16(9,19)13(3,4)11(12)18/h7,19H,8H2,1-6H3/t15-,16-/m0/s1. The molecule has 7 nitrogen and oxygen atoms in total. The second-order valence-corrected chi connectivity index (χ2v) is 7.88. The molecule has 0 radical (unpaired) electrons. The lowest BCUT2D eigenvalue weighted by Gasteiger charge is -2.51. The maximum Gasteiger partial charge on any atom is 0.247 e. The molecule has 1 spiro atoms.